The maximum absolute atomic E-state index is 11.0. The Morgan fingerprint density at radius 2 is 2.20 bits per heavy atom. The quantitative estimate of drug-likeness (QED) is 0.762. The van der Waals surface area contributed by atoms with Crippen LogP contribution in [0.3, 0.4) is 0 Å². The van der Waals surface area contributed by atoms with Crippen LogP contribution in [0.2, 0.25) is 0 Å². The Balaban J connectivity index is 2.33. The zero-order valence-electron chi connectivity index (χ0n) is 9.91. The number of nitrogens with zero attached hydrogens (tertiary/aromatic N) is 1. The Morgan fingerprint density at radius 3 is 2.80 bits per heavy atom. The third-order valence-electron chi connectivity index (χ3n) is 3.13. The van der Waals surface area contributed by atoms with Gasteiger partial charge in [-0.25, -0.2) is 0 Å². The molecule has 1 saturated heterocycles. The zero-order chi connectivity index (χ0) is 11.3. The number of hydrogen-bond donors (Lipinski definition) is 1. The molecule has 0 saturated carbocycles. The second kappa shape index (κ2) is 6.11. The summed E-state index contributed by atoms with van der Waals surface area (Å²) in [6, 6.07) is -0.217. The molecule has 0 aliphatic carbocycles. The van der Waals surface area contributed by atoms with Gasteiger partial charge in [-0.15, -0.1) is 0 Å². The molecule has 1 aliphatic heterocycles. The zero-order valence-corrected chi connectivity index (χ0v) is 9.91. The molecule has 0 aromatic heterocycles. The van der Waals surface area contributed by atoms with Crippen LogP contribution < -0.4 is 0 Å². The molecule has 1 rings (SSSR count). The van der Waals surface area contributed by atoms with Gasteiger partial charge in [0, 0.05) is 0 Å². The van der Waals surface area contributed by atoms with Gasteiger partial charge in [-0.3, -0.25) is 9.69 Å². The summed E-state index contributed by atoms with van der Waals surface area (Å²) < 4.78 is 0. The Morgan fingerprint density at radius 1 is 1.47 bits per heavy atom. The fourth-order valence-corrected chi connectivity index (χ4v) is 2.24. The molecule has 1 unspecified atom stereocenters. The summed E-state index contributed by atoms with van der Waals surface area (Å²) in [5.74, 6) is 0.0808. The first-order chi connectivity index (χ1) is 7.11. The number of carboxylic acid groups (broad SMARTS) is 1. The summed E-state index contributed by atoms with van der Waals surface area (Å²) in [6.45, 7) is 6.35. The van der Waals surface area contributed by atoms with E-state index in [1.165, 1.54) is 6.42 Å². The van der Waals surface area contributed by atoms with Crippen LogP contribution in [-0.2, 0) is 4.79 Å². The summed E-state index contributed by atoms with van der Waals surface area (Å²) in [4.78, 5) is 13.2. The lowest BCUT2D eigenvalue weighted by atomic mass is 10.0. The van der Waals surface area contributed by atoms with Crippen molar-refractivity contribution in [2.24, 2.45) is 5.92 Å². The number of rotatable bonds is 5. The van der Waals surface area contributed by atoms with Gasteiger partial charge in [0.2, 0.25) is 0 Å². The van der Waals surface area contributed by atoms with Crippen LogP contribution in [0.4, 0.5) is 0 Å². The SMILES string of the molecule is CC(C)CCCN1CCCCC1C(=O)O. The van der Waals surface area contributed by atoms with Gasteiger partial charge in [0.1, 0.15) is 6.04 Å². The average molecular weight is 213 g/mol. The molecule has 0 radical (unpaired) electrons. The highest BCUT2D eigenvalue weighted by molar-refractivity contribution is 5.73. The molecule has 0 bridgehead atoms. The number of carbonyl (C=O) groups is 1. The Bertz CT molecular complexity index is 204. The fourth-order valence-electron chi connectivity index (χ4n) is 2.24. The van der Waals surface area contributed by atoms with E-state index in [2.05, 4.69) is 18.7 Å². The molecular formula is C12H23NO2. The largest absolute Gasteiger partial charge is 0.480 e. The standard InChI is InChI=1S/C12H23NO2/c1-10(2)6-5-9-13-8-4-3-7-11(13)12(14)15/h10-11H,3-9H2,1-2H3,(H,14,15). The summed E-state index contributed by atoms with van der Waals surface area (Å²) in [6.07, 6.45) is 5.38. The predicted molar refractivity (Wildman–Crippen MR) is 60.9 cm³/mol. The normalized spacial score (nSPS) is 23.3. The third kappa shape index (κ3) is 4.20. The minimum absolute atomic E-state index is 0.217. The molecule has 1 fully saturated rings. The van der Waals surface area contributed by atoms with E-state index in [0.717, 1.165) is 44.7 Å². The van der Waals surface area contributed by atoms with Crippen LogP contribution in [0.15, 0.2) is 0 Å². The van der Waals surface area contributed by atoms with Crippen LogP contribution >= 0.6 is 0 Å². The van der Waals surface area contributed by atoms with Crippen molar-refractivity contribution in [3.05, 3.63) is 0 Å². The highest BCUT2D eigenvalue weighted by Crippen LogP contribution is 2.18. The number of hydrogen-bond acceptors (Lipinski definition) is 2. The van der Waals surface area contributed by atoms with E-state index < -0.39 is 5.97 Å². The minimum Gasteiger partial charge on any atom is -0.480 e. The smallest absolute Gasteiger partial charge is 0.320 e. The molecular weight excluding hydrogens is 190 g/mol. The first kappa shape index (κ1) is 12.5. The second-order valence-electron chi connectivity index (χ2n) is 4.92. The van der Waals surface area contributed by atoms with Crippen molar-refractivity contribution in [3.8, 4) is 0 Å². The first-order valence-corrected chi connectivity index (χ1v) is 6.08. The van der Waals surface area contributed by atoms with Crippen LogP contribution in [0.25, 0.3) is 0 Å². The van der Waals surface area contributed by atoms with Crippen molar-refractivity contribution < 1.29 is 9.90 Å². The number of piperidine rings is 1. The summed E-state index contributed by atoms with van der Waals surface area (Å²) in [5.41, 5.74) is 0. The molecule has 0 aromatic carbocycles. The maximum atomic E-state index is 11.0. The highest BCUT2D eigenvalue weighted by atomic mass is 16.4. The molecule has 88 valence electrons. The van der Waals surface area contributed by atoms with Crippen molar-refractivity contribution in [1.29, 1.82) is 0 Å². The van der Waals surface area contributed by atoms with Crippen LogP contribution in [0.5, 0.6) is 0 Å². The molecule has 3 heteroatoms. The van der Waals surface area contributed by atoms with Crippen molar-refractivity contribution in [3.63, 3.8) is 0 Å². The molecule has 3 nitrogen and oxygen atoms in total. The molecule has 0 aromatic rings. The van der Waals surface area contributed by atoms with Gasteiger partial charge in [-0.05, 0) is 44.7 Å². The molecule has 0 spiro atoms. The summed E-state index contributed by atoms with van der Waals surface area (Å²) in [7, 11) is 0. The molecule has 1 aliphatic rings. The molecule has 1 atom stereocenters. The molecule has 1 heterocycles. The van der Waals surface area contributed by atoms with Gasteiger partial charge in [0.25, 0.3) is 0 Å². The Labute approximate surface area is 92.5 Å². The lowest BCUT2D eigenvalue weighted by Crippen LogP contribution is -2.45. The highest BCUT2D eigenvalue weighted by Gasteiger charge is 2.27. The van der Waals surface area contributed by atoms with Crippen molar-refractivity contribution in [2.45, 2.75) is 52.0 Å². The third-order valence-corrected chi connectivity index (χ3v) is 3.13. The lowest BCUT2D eigenvalue weighted by Gasteiger charge is -2.32. The molecule has 15 heavy (non-hydrogen) atoms. The van der Waals surface area contributed by atoms with Crippen LogP contribution in [0.1, 0.15) is 46.0 Å². The van der Waals surface area contributed by atoms with E-state index >= 15 is 0 Å². The van der Waals surface area contributed by atoms with E-state index in [-0.39, 0.29) is 6.04 Å². The molecule has 0 amide bonds. The van der Waals surface area contributed by atoms with Gasteiger partial charge in [0.05, 0.1) is 0 Å². The van der Waals surface area contributed by atoms with E-state index in [4.69, 9.17) is 5.11 Å². The van der Waals surface area contributed by atoms with Gasteiger partial charge in [0.15, 0.2) is 0 Å². The van der Waals surface area contributed by atoms with E-state index in [0.29, 0.717) is 0 Å². The van der Waals surface area contributed by atoms with E-state index in [9.17, 15) is 4.79 Å². The number of likely N-dealkylation sites (tertiary alicyclic amines) is 1. The predicted octanol–water partition coefficient (Wildman–Crippen LogP) is 2.36. The summed E-state index contributed by atoms with van der Waals surface area (Å²) >= 11 is 0. The minimum atomic E-state index is -0.640. The van der Waals surface area contributed by atoms with Crippen LogP contribution in [0, 0.1) is 5.92 Å². The lowest BCUT2D eigenvalue weighted by molar-refractivity contribution is -0.144. The summed E-state index contributed by atoms with van der Waals surface area (Å²) in [5, 5.41) is 9.08. The van der Waals surface area contributed by atoms with E-state index in [1.54, 1.807) is 0 Å². The number of carboxylic acids is 1. The van der Waals surface area contributed by atoms with Gasteiger partial charge >= 0.3 is 5.97 Å². The number of aliphatic carboxylic acids is 1. The van der Waals surface area contributed by atoms with Crippen molar-refractivity contribution >= 4 is 5.97 Å². The Kier molecular flexibility index (Phi) is 5.09. The monoisotopic (exact) mass is 213 g/mol. The second-order valence-corrected chi connectivity index (χ2v) is 4.92. The van der Waals surface area contributed by atoms with Gasteiger partial charge < -0.3 is 5.11 Å². The fraction of sp³-hybridized carbons (Fsp3) is 0.917. The van der Waals surface area contributed by atoms with Gasteiger partial charge in [-0.2, -0.15) is 0 Å². The topological polar surface area (TPSA) is 40.5 Å². The Hall–Kier alpha value is -0.570. The van der Waals surface area contributed by atoms with E-state index in [1.807, 2.05) is 0 Å². The average Bonchev–Trinajstić information content (AvgIpc) is 2.17. The first-order valence-electron chi connectivity index (χ1n) is 6.08. The van der Waals surface area contributed by atoms with Crippen LogP contribution in [-0.4, -0.2) is 35.1 Å². The maximum Gasteiger partial charge on any atom is 0.320 e. The van der Waals surface area contributed by atoms with Gasteiger partial charge in [-0.1, -0.05) is 20.3 Å². The van der Waals surface area contributed by atoms with Crippen molar-refractivity contribution in [1.82, 2.24) is 4.90 Å². The van der Waals surface area contributed by atoms with Crippen molar-refractivity contribution in [2.75, 3.05) is 13.1 Å². The molecule has 1 N–H and O–H groups in total.